The van der Waals surface area contributed by atoms with E-state index in [-0.39, 0.29) is 11.8 Å². The molecule has 0 aliphatic carbocycles. The van der Waals surface area contributed by atoms with Crippen molar-refractivity contribution in [1.82, 2.24) is 9.97 Å². The summed E-state index contributed by atoms with van der Waals surface area (Å²) in [5.41, 5.74) is 1.60. The van der Waals surface area contributed by atoms with E-state index < -0.39 is 5.95 Å². The Hall–Kier alpha value is -2.04. The van der Waals surface area contributed by atoms with Crippen molar-refractivity contribution < 1.29 is 8.78 Å². The minimum absolute atomic E-state index is 0.164. The number of aryl methyl sites for hydroxylation is 1. The first kappa shape index (κ1) is 11.4. The molecule has 1 N–H and O–H groups in total. The van der Waals surface area contributed by atoms with Crippen LogP contribution in [0.25, 0.3) is 0 Å². The number of nitrogens with one attached hydrogen (secondary N) is 1. The third-order valence-corrected chi connectivity index (χ3v) is 2.43. The van der Waals surface area contributed by atoms with Crippen LogP contribution in [0.2, 0.25) is 0 Å². The minimum Gasteiger partial charge on any atom is -0.324 e. The average molecular weight is 235 g/mol. The number of hydrogen-bond acceptors (Lipinski definition) is 3. The Morgan fingerprint density at radius 3 is 2.24 bits per heavy atom. The highest BCUT2D eigenvalue weighted by atomic mass is 19.1. The van der Waals surface area contributed by atoms with Crippen LogP contribution in [-0.4, -0.2) is 9.97 Å². The van der Waals surface area contributed by atoms with Gasteiger partial charge in [-0.3, -0.25) is 0 Å². The standard InChI is InChI=1S/C12H11F2N3/c1-7-8(2)15-12(17-11(7)14)16-10-5-3-9(13)4-6-10/h3-6H,1-2H3,(H,15,16,17). The van der Waals surface area contributed by atoms with Crippen molar-refractivity contribution in [2.45, 2.75) is 13.8 Å². The summed E-state index contributed by atoms with van der Waals surface area (Å²) in [5, 5.41) is 2.81. The highest BCUT2D eigenvalue weighted by Gasteiger charge is 2.07. The molecule has 0 amide bonds. The van der Waals surface area contributed by atoms with E-state index in [1.165, 1.54) is 24.3 Å². The second kappa shape index (κ2) is 4.45. The smallest absolute Gasteiger partial charge is 0.230 e. The molecular weight excluding hydrogens is 224 g/mol. The molecule has 0 saturated carbocycles. The van der Waals surface area contributed by atoms with Gasteiger partial charge in [0, 0.05) is 16.9 Å². The Morgan fingerprint density at radius 2 is 1.65 bits per heavy atom. The fourth-order valence-electron chi connectivity index (χ4n) is 1.31. The first-order chi connectivity index (χ1) is 8.06. The van der Waals surface area contributed by atoms with Gasteiger partial charge in [-0.05, 0) is 38.1 Å². The van der Waals surface area contributed by atoms with E-state index in [0.717, 1.165) is 0 Å². The van der Waals surface area contributed by atoms with Gasteiger partial charge >= 0.3 is 0 Å². The van der Waals surface area contributed by atoms with Crippen molar-refractivity contribution in [1.29, 1.82) is 0 Å². The molecule has 0 unspecified atom stereocenters. The fraction of sp³-hybridized carbons (Fsp3) is 0.167. The van der Waals surface area contributed by atoms with Crippen molar-refractivity contribution in [3.63, 3.8) is 0 Å². The number of nitrogens with zero attached hydrogens (tertiary/aromatic N) is 2. The third-order valence-electron chi connectivity index (χ3n) is 2.43. The Labute approximate surface area is 97.5 Å². The summed E-state index contributed by atoms with van der Waals surface area (Å²) in [6.45, 7) is 3.32. The number of anilines is 2. The topological polar surface area (TPSA) is 37.8 Å². The van der Waals surface area contributed by atoms with Gasteiger partial charge in [0.25, 0.3) is 0 Å². The van der Waals surface area contributed by atoms with E-state index >= 15 is 0 Å². The van der Waals surface area contributed by atoms with Crippen molar-refractivity contribution in [2.75, 3.05) is 5.32 Å². The number of aromatic nitrogens is 2. The highest BCUT2D eigenvalue weighted by molar-refractivity contribution is 5.53. The Bertz CT molecular complexity index is 515. The van der Waals surface area contributed by atoms with Gasteiger partial charge in [-0.25, -0.2) is 9.37 Å². The lowest BCUT2D eigenvalue weighted by atomic mass is 10.3. The largest absolute Gasteiger partial charge is 0.324 e. The van der Waals surface area contributed by atoms with E-state index in [0.29, 0.717) is 16.9 Å². The summed E-state index contributed by atoms with van der Waals surface area (Å²) in [6, 6.07) is 5.68. The Kier molecular flexibility index (Phi) is 2.99. The maximum absolute atomic E-state index is 13.4. The molecule has 1 aromatic heterocycles. The number of rotatable bonds is 2. The van der Waals surface area contributed by atoms with Crippen LogP contribution in [0.5, 0.6) is 0 Å². The van der Waals surface area contributed by atoms with Crippen LogP contribution in [0, 0.1) is 25.6 Å². The van der Waals surface area contributed by atoms with Crippen LogP contribution >= 0.6 is 0 Å². The molecule has 2 aromatic rings. The van der Waals surface area contributed by atoms with Crippen molar-refractivity contribution >= 4 is 11.6 Å². The van der Waals surface area contributed by atoms with Crippen molar-refractivity contribution in [3.05, 3.63) is 47.3 Å². The van der Waals surface area contributed by atoms with Gasteiger partial charge < -0.3 is 5.32 Å². The predicted molar refractivity (Wildman–Crippen MR) is 61.1 cm³/mol. The molecule has 88 valence electrons. The normalized spacial score (nSPS) is 10.4. The SMILES string of the molecule is Cc1nc(Nc2ccc(F)cc2)nc(F)c1C. The maximum Gasteiger partial charge on any atom is 0.230 e. The van der Waals surface area contributed by atoms with E-state index in [1.807, 2.05) is 0 Å². The first-order valence-electron chi connectivity index (χ1n) is 5.09. The van der Waals surface area contributed by atoms with Crippen LogP contribution in [-0.2, 0) is 0 Å². The van der Waals surface area contributed by atoms with E-state index in [4.69, 9.17) is 0 Å². The molecule has 2 rings (SSSR count). The minimum atomic E-state index is -0.554. The zero-order valence-electron chi connectivity index (χ0n) is 9.46. The molecule has 0 bridgehead atoms. The molecule has 0 atom stereocenters. The van der Waals surface area contributed by atoms with Crippen LogP contribution in [0.4, 0.5) is 20.4 Å². The molecule has 0 radical (unpaired) electrons. The lowest BCUT2D eigenvalue weighted by Gasteiger charge is -2.07. The van der Waals surface area contributed by atoms with Crippen LogP contribution < -0.4 is 5.32 Å². The third kappa shape index (κ3) is 2.55. The molecule has 3 nitrogen and oxygen atoms in total. The molecule has 1 heterocycles. The summed E-state index contributed by atoms with van der Waals surface area (Å²) in [7, 11) is 0. The second-order valence-corrected chi connectivity index (χ2v) is 3.68. The molecule has 0 fully saturated rings. The molecule has 0 saturated heterocycles. The van der Waals surface area contributed by atoms with Gasteiger partial charge in [-0.1, -0.05) is 0 Å². The van der Waals surface area contributed by atoms with Gasteiger partial charge in [0.05, 0.1) is 0 Å². The predicted octanol–water partition coefficient (Wildman–Crippen LogP) is 3.12. The lowest BCUT2D eigenvalue weighted by Crippen LogP contribution is -2.03. The Balaban J connectivity index is 2.27. The number of hydrogen-bond donors (Lipinski definition) is 1. The van der Waals surface area contributed by atoms with Gasteiger partial charge in [0.1, 0.15) is 5.82 Å². The number of benzene rings is 1. The monoisotopic (exact) mass is 235 g/mol. The maximum atomic E-state index is 13.4. The summed E-state index contributed by atoms with van der Waals surface area (Å²) < 4.78 is 26.0. The summed E-state index contributed by atoms with van der Waals surface area (Å²) >= 11 is 0. The van der Waals surface area contributed by atoms with Crippen molar-refractivity contribution in [3.8, 4) is 0 Å². The zero-order valence-corrected chi connectivity index (χ0v) is 9.46. The van der Waals surface area contributed by atoms with E-state index in [1.54, 1.807) is 13.8 Å². The van der Waals surface area contributed by atoms with E-state index in [9.17, 15) is 8.78 Å². The molecule has 0 aliphatic rings. The zero-order chi connectivity index (χ0) is 12.4. The average Bonchev–Trinajstić information content (AvgIpc) is 2.29. The van der Waals surface area contributed by atoms with Gasteiger partial charge in [0.2, 0.25) is 11.9 Å². The summed E-state index contributed by atoms with van der Waals surface area (Å²) in [6.07, 6.45) is 0. The van der Waals surface area contributed by atoms with Crippen LogP contribution in [0.15, 0.2) is 24.3 Å². The molecule has 5 heteroatoms. The second-order valence-electron chi connectivity index (χ2n) is 3.68. The fourth-order valence-corrected chi connectivity index (χ4v) is 1.31. The molecule has 17 heavy (non-hydrogen) atoms. The Morgan fingerprint density at radius 1 is 1.00 bits per heavy atom. The van der Waals surface area contributed by atoms with Crippen LogP contribution in [0.1, 0.15) is 11.3 Å². The quantitative estimate of drug-likeness (QED) is 0.813. The summed E-state index contributed by atoms with van der Waals surface area (Å²) in [4.78, 5) is 7.76. The van der Waals surface area contributed by atoms with Gasteiger partial charge in [0.15, 0.2) is 0 Å². The molecule has 0 aliphatic heterocycles. The van der Waals surface area contributed by atoms with Gasteiger partial charge in [-0.2, -0.15) is 9.37 Å². The summed E-state index contributed by atoms with van der Waals surface area (Å²) in [5.74, 6) is -0.720. The van der Waals surface area contributed by atoms with Crippen molar-refractivity contribution in [2.24, 2.45) is 0 Å². The molecule has 1 aromatic carbocycles. The molecule has 0 spiro atoms. The lowest BCUT2D eigenvalue weighted by molar-refractivity contribution is 0.569. The molecular formula is C12H11F2N3. The number of halogens is 2. The highest BCUT2D eigenvalue weighted by Crippen LogP contribution is 2.16. The van der Waals surface area contributed by atoms with Gasteiger partial charge in [-0.15, -0.1) is 0 Å². The van der Waals surface area contributed by atoms with E-state index in [2.05, 4.69) is 15.3 Å². The van der Waals surface area contributed by atoms with Crippen LogP contribution in [0.3, 0.4) is 0 Å². The first-order valence-corrected chi connectivity index (χ1v) is 5.09.